The van der Waals surface area contributed by atoms with Crippen molar-refractivity contribution in [3.63, 3.8) is 0 Å². The molecule has 25 heavy (non-hydrogen) atoms. The fourth-order valence-electron chi connectivity index (χ4n) is 3.48. The fourth-order valence-corrected chi connectivity index (χ4v) is 3.48. The number of aliphatic carboxylic acids is 1. The summed E-state index contributed by atoms with van der Waals surface area (Å²) < 4.78 is 10.7. The van der Waals surface area contributed by atoms with E-state index in [-0.39, 0.29) is 5.78 Å². The third-order valence-corrected chi connectivity index (χ3v) is 4.76. The Hall–Kier alpha value is -1.80. The Morgan fingerprint density at radius 3 is 1.80 bits per heavy atom. The molecule has 0 aromatic heterocycles. The SMILES string of the molecule is O=C(O)[C@@H]([C@H](C(=O)c1ccccc1)N1CCOCC1)N1CCOCC1. The highest BCUT2D eigenvalue weighted by Gasteiger charge is 2.42. The van der Waals surface area contributed by atoms with Crippen LogP contribution < -0.4 is 0 Å². The van der Waals surface area contributed by atoms with Gasteiger partial charge in [0.2, 0.25) is 0 Å². The van der Waals surface area contributed by atoms with E-state index in [1.54, 1.807) is 24.3 Å². The number of benzene rings is 1. The topological polar surface area (TPSA) is 79.3 Å². The van der Waals surface area contributed by atoms with E-state index >= 15 is 0 Å². The van der Waals surface area contributed by atoms with Crippen LogP contribution in [0.5, 0.6) is 0 Å². The largest absolute Gasteiger partial charge is 0.480 e. The van der Waals surface area contributed by atoms with E-state index in [1.165, 1.54) is 0 Å². The van der Waals surface area contributed by atoms with Gasteiger partial charge in [-0.05, 0) is 0 Å². The van der Waals surface area contributed by atoms with Crippen molar-refractivity contribution in [1.82, 2.24) is 9.80 Å². The first kappa shape index (κ1) is 18.0. The van der Waals surface area contributed by atoms with Gasteiger partial charge in [-0.2, -0.15) is 0 Å². The number of carbonyl (C=O) groups excluding carboxylic acids is 1. The monoisotopic (exact) mass is 348 g/mol. The number of Topliss-reactive ketones (excluding diaryl/α,β-unsaturated/α-hetero) is 1. The second-order valence-electron chi connectivity index (χ2n) is 6.25. The van der Waals surface area contributed by atoms with Gasteiger partial charge in [0.05, 0.1) is 26.4 Å². The van der Waals surface area contributed by atoms with E-state index in [0.29, 0.717) is 58.2 Å². The van der Waals surface area contributed by atoms with E-state index in [9.17, 15) is 14.7 Å². The number of carbonyl (C=O) groups is 2. The highest BCUT2D eigenvalue weighted by molar-refractivity contribution is 6.03. The summed E-state index contributed by atoms with van der Waals surface area (Å²) in [6.07, 6.45) is 0. The zero-order valence-electron chi connectivity index (χ0n) is 14.2. The Bertz CT molecular complexity index is 582. The molecule has 1 N–H and O–H groups in total. The van der Waals surface area contributed by atoms with Crippen LogP contribution in [-0.2, 0) is 14.3 Å². The first-order chi connectivity index (χ1) is 12.2. The summed E-state index contributed by atoms with van der Waals surface area (Å²) in [5.41, 5.74) is 0.540. The van der Waals surface area contributed by atoms with Crippen molar-refractivity contribution in [2.75, 3.05) is 52.6 Å². The van der Waals surface area contributed by atoms with Crippen LogP contribution in [0.15, 0.2) is 30.3 Å². The summed E-state index contributed by atoms with van der Waals surface area (Å²) in [6.45, 7) is 4.12. The summed E-state index contributed by atoms with van der Waals surface area (Å²) in [4.78, 5) is 29.2. The van der Waals surface area contributed by atoms with Gasteiger partial charge >= 0.3 is 5.97 Å². The lowest BCUT2D eigenvalue weighted by Crippen LogP contribution is -2.62. The van der Waals surface area contributed by atoms with Gasteiger partial charge in [-0.15, -0.1) is 0 Å². The van der Waals surface area contributed by atoms with Crippen LogP contribution in [0.3, 0.4) is 0 Å². The molecule has 2 atom stereocenters. The molecule has 0 radical (unpaired) electrons. The van der Waals surface area contributed by atoms with Gasteiger partial charge in [0.1, 0.15) is 12.1 Å². The van der Waals surface area contributed by atoms with E-state index in [2.05, 4.69) is 0 Å². The predicted octanol–water partition coefficient (Wildman–Crippen LogP) is 0.356. The Labute approximate surface area is 147 Å². The number of ketones is 1. The van der Waals surface area contributed by atoms with E-state index in [4.69, 9.17) is 9.47 Å². The molecule has 1 aromatic carbocycles. The van der Waals surface area contributed by atoms with Gasteiger partial charge < -0.3 is 14.6 Å². The first-order valence-electron chi connectivity index (χ1n) is 8.64. The minimum atomic E-state index is -0.970. The molecule has 2 fully saturated rings. The van der Waals surface area contributed by atoms with Gasteiger partial charge in [0, 0.05) is 31.7 Å². The number of carboxylic acid groups (broad SMARTS) is 1. The Morgan fingerprint density at radius 2 is 1.32 bits per heavy atom. The molecular formula is C18H24N2O5. The number of hydrogen-bond acceptors (Lipinski definition) is 6. The molecule has 0 aliphatic carbocycles. The van der Waals surface area contributed by atoms with Crippen molar-refractivity contribution in [1.29, 1.82) is 0 Å². The lowest BCUT2D eigenvalue weighted by Gasteiger charge is -2.41. The normalized spacial score (nSPS) is 22.2. The number of carboxylic acids is 1. The molecule has 2 aliphatic rings. The summed E-state index contributed by atoms with van der Waals surface area (Å²) in [7, 11) is 0. The zero-order valence-corrected chi connectivity index (χ0v) is 14.2. The van der Waals surface area contributed by atoms with Crippen LogP contribution in [0.25, 0.3) is 0 Å². The lowest BCUT2D eigenvalue weighted by atomic mass is 9.94. The Morgan fingerprint density at radius 1 is 0.840 bits per heavy atom. The van der Waals surface area contributed by atoms with Crippen molar-refractivity contribution >= 4 is 11.8 Å². The summed E-state index contributed by atoms with van der Waals surface area (Å²) in [6, 6.07) is 7.30. The van der Waals surface area contributed by atoms with Gasteiger partial charge in [-0.25, -0.2) is 0 Å². The second-order valence-corrected chi connectivity index (χ2v) is 6.25. The summed E-state index contributed by atoms with van der Waals surface area (Å²) >= 11 is 0. The van der Waals surface area contributed by atoms with Crippen molar-refractivity contribution in [2.24, 2.45) is 0 Å². The number of hydrogen-bond donors (Lipinski definition) is 1. The molecule has 3 rings (SSSR count). The molecule has 0 saturated carbocycles. The molecule has 0 bridgehead atoms. The maximum absolute atomic E-state index is 13.2. The highest BCUT2D eigenvalue weighted by Crippen LogP contribution is 2.20. The average molecular weight is 348 g/mol. The highest BCUT2D eigenvalue weighted by atomic mass is 16.5. The standard InChI is InChI=1S/C18H24N2O5/c21-17(14-4-2-1-3-5-14)15(19-6-10-24-11-7-19)16(18(22)23)20-8-12-25-13-9-20/h1-5,15-16H,6-13H2,(H,22,23)/t15-,16-/m1/s1. The molecule has 2 aliphatic heterocycles. The molecule has 1 aromatic rings. The molecule has 7 nitrogen and oxygen atoms in total. The number of morpholine rings is 2. The third-order valence-electron chi connectivity index (χ3n) is 4.76. The number of rotatable bonds is 6. The maximum Gasteiger partial charge on any atom is 0.323 e. The molecule has 7 heteroatoms. The molecular weight excluding hydrogens is 324 g/mol. The second kappa shape index (κ2) is 8.53. The minimum absolute atomic E-state index is 0.151. The molecule has 2 heterocycles. The van der Waals surface area contributed by atoms with Gasteiger partial charge in [-0.3, -0.25) is 19.4 Å². The van der Waals surface area contributed by atoms with Crippen LogP contribution in [0.1, 0.15) is 10.4 Å². The molecule has 136 valence electrons. The Balaban J connectivity index is 1.92. The molecule has 0 spiro atoms. The lowest BCUT2D eigenvalue weighted by molar-refractivity contribution is -0.148. The van der Waals surface area contributed by atoms with Gasteiger partial charge in [-0.1, -0.05) is 30.3 Å². The summed E-state index contributed by atoms with van der Waals surface area (Å²) in [5.74, 6) is -1.12. The fraction of sp³-hybridized carbons (Fsp3) is 0.556. The molecule has 0 unspecified atom stereocenters. The van der Waals surface area contributed by atoms with Gasteiger partial charge in [0.15, 0.2) is 5.78 Å². The van der Waals surface area contributed by atoms with Crippen molar-refractivity contribution in [3.8, 4) is 0 Å². The predicted molar refractivity (Wildman–Crippen MR) is 90.8 cm³/mol. The van der Waals surface area contributed by atoms with Gasteiger partial charge in [0.25, 0.3) is 0 Å². The van der Waals surface area contributed by atoms with Crippen LogP contribution in [0.4, 0.5) is 0 Å². The van der Waals surface area contributed by atoms with Crippen LogP contribution >= 0.6 is 0 Å². The van der Waals surface area contributed by atoms with Crippen LogP contribution in [-0.4, -0.2) is 91.3 Å². The smallest absolute Gasteiger partial charge is 0.323 e. The number of ether oxygens (including phenoxy) is 2. The van der Waals surface area contributed by atoms with Crippen molar-refractivity contribution in [2.45, 2.75) is 12.1 Å². The number of nitrogens with zero attached hydrogens (tertiary/aromatic N) is 2. The van der Waals surface area contributed by atoms with E-state index in [0.717, 1.165) is 0 Å². The van der Waals surface area contributed by atoms with Crippen LogP contribution in [0.2, 0.25) is 0 Å². The van der Waals surface area contributed by atoms with Crippen LogP contribution in [0, 0.1) is 0 Å². The zero-order chi connectivity index (χ0) is 17.6. The van der Waals surface area contributed by atoms with Crippen molar-refractivity contribution in [3.05, 3.63) is 35.9 Å². The summed E-state index contributed by atoms with van der Waals surface area (Å²) in [5, 5.41) is 9.93. The average Bonchev–Trinajstić information content (AvgIpc) is 2.67. The maximum atomic E-state index is 13.2. The van der Waals surface area contributed by atoms with E-state index < -0.39 is 18.1 Å². The molecule has 0 amide bonds. The van der Waals surface area contributed by atoms with Crippen molar-refractivity contribution < 1.29 is 24.2 Å². The Kier molecular flexibility index (Phi) is 6.14. The minimum Gasteiger partial charge on any atom is -0.480 e. The third kappa shape index (κ3) is 4.24. The quantitative estimate of drug-likeness (QED) is 0.744. The van der Waals surface area contributed by atoms with E-state index in [1.807, 2.05) is 15.9 Å². The first-order valence-corrected chi connectivity index (χ1v) is 8.64. The molecule has 2 saturated heterocycles.